The number of furan rings is 1. The second kappa shape index (κ2) is 6.21. The molecule has 0 atom stereocenters. The molecule has 2 aromatic heterocycles. The molecule has 0 aromatic carbocycles. The number of hydrogen-bond acceptors (Lipinski definition) is 5. The second-order valence-corrected chi connectivity index (χ2v) is 3.69. The molecule has 2 aromatic rings. The molecule has 9 heteroatoms. The molecule has 0 fully saturated rings. The van der Waals surface area contributed by atoms with Crippen molar-refractivity contribution in [3.63, 3.8) is 0 Å². The predicted octanol–water partition coefficient (Wildman–Crippen LogP) is 2.87. The van der Waals surface area contributed by atoms with Gasteiger partial charge in [-0.3, -0.25) is 0 Å². The molecule has 0 N–H and O–H groups in total. The van der Waals surface area contributed by atoms with Crippen LogP contribution in [0, 0.1) is 10.1 Å². The summed E-state index contributed by atoms with van der Waals surface area (Å²) in [5.41, 5.74) is 8.24. The molecule has 0 saturated heterocycles. The van der Waals surface area contributed by atoms with Crippen molar-refractivity contribution in [1.82, 2.24) is 9.55 Å². The first-order chi connectivity index (χ1) is 9.72. The van der Waals surface area contributed by atoms with E-state index in [1.54, 1.807) is 24.3 Å². The summed E-state index contributed by atoms with van der Waals surface area (Å²) in [5.74, 6) is 0.843. The van der Waals surface area contributed by atoms with Gasteiger partial charge in [0, 0.05) is 11.0 Å². The summed E-state index contributed by atoms with van der Waals surface area (Å²) in [6.07, 6.45) is 5.94. The van der Waals surface area contributed by atoms with Crippen LogP contribution in [0.5, 0.6) is 0 Å². The molecule has 102 valence electrons. The molecular weight excluding hydrogens is 264 g/mol. The Kier molecular flexibility index (Phi) is 4.15. The van der Waals surface area contributed by atoms with Gasteiger partial charge in [0.1, 0.15) is 12.0 Å². The molecule has 0 saturated carbocycles. The van der Waals surface area contributed by atoms with E-state index in [9.17, 15) is 10.1 Å². The molecule has 0 radical (unpaired) electrons. The van der Waals surface area contributed by atoms with E-state index in [1.807, 2.05) is 0 Å². The maximum absolute atomic E-state index is 10.9. The quantitative estimate of drug-likeness (QED) is 0.264. The molecule has 0 spiro atoms. The van der Waals surface area contributed by atoms with E-state index in [4.69, 9.17) is 9.95 Å². The third kappa shape index (κ3) is 3.03. The molecule has 20 heavy (non-hydrogen) atoms. The molecule has 0 bridgehead atoms. The van der Waals surface area contributed by atoms with Gasteiger partial charge in [0.15, 0.2) is 0 Å². The SMILES string of the molecule is [N-]=[N+]=NCCn1c([N+](=O)[O-])cnc1C=Cc1ccco1. The lowest BCUT2D eigenvalue weighted by Crippen LogP contribution is -2.07. The van der Waals surface area contributed by atoms with Crippen molar-refractivity contribution < 1.29 is 9.34 Å². The van der Waals surface area contributed by atoms with Crippen LogP contribution in [0.4, 0.5) is 5.82 Å². The Balaban J connectivity index is 2.27. The van der Waals surface area contributed by atoms with Crippen LogP contribution in [0.25, 0.3) is 22.6 Å². The minimum absolute atomic E-state index is 0.106. The van der Waals surface area contributed by atoms with Gasteiger partial charge in [-0.15, -0.1) is 0 Å². The highest BCUT2D eigenvalue weighted by Crippen LogP contribution is 2.16. The molecule has 0 aliphatic rings. The van der Waals surface area contributed by atoms with Crippen LogP contribution in [0.15, 0.2) is 34.1 Å². The summed E-state index contributed by atoms with van der Waals surface area (Å²) in [5, 5.41) is 14.3. The standard InChI is InChI=1S/C11H10N6O3/c12-15-14-5-6-16-10(13-8-11(16)17(18)19)4-3-9-2-1-7-20-9/h1-4,7-8H,5-6H2. The highest BCUT2D eigenvalue weighted by Gasteiger charge is 2.17. The molecule has 9 nitrogen and oxygen atoms in total. The van der Waals surface area contributed by atoms with Crippen LogP contribution in [0.2, 0.25) is 0 Å². The fraction of sp³-hybridized carbons (Fsp3) is 0.182. The van der Waals surface area contributed by atoms with Crippen molar-refractivity contribution in [3.8, 4) is 0 Å². The Morgan fingerprint density at radius 3 is 3.10 bits per heavy atom. The lowest BCUT2D eigenvalue weighted by molar-refractivity contribution is -0.392. The summed E-state index contributed by atoms with van der Waals surface area (Å²) in [6.45, 7) is 0.285. The molecule has 0 aliphatic carbocycles. The summed E-state index contributed by atoms with van der Waals surface area (Å²) < 4.78 is 6.49. The van der Waals surface area contributed by atoms with Gasteiger partial charge in [-0.1, -0.05) is 5.11 Å². The van der Waals surface area contributed by atoms with Gasteiger partial charge in [0.25, 0.3) is 0 Å². The lowest BCUT2D eigenvalue weighted by Gasteiger charge is -1.99. The smallest absolute Gasteiger partial charge is 0.343 e. The van der Waals surface area contributed by atoms with E-state index >= 15 is 0 Å². The molecule has 0 aliphatic heterocycles. The molecule has 0 amide bonds. The molecule has 2 rings (SSSR count). The maximum Gasteiger partial charge on any atom is 0.343 e. The topological polar surface area (TPSA) is 123 Å². The van der Waals surface area contributed by atoms with Gasteiger partial charge in [-0.2, -0.15) is 0 Å². The van der Waals surface area contributed by atoms with E-state index in [0.29, 0.717) is 11.6 Å². The lowest BCUT2D eigenvalue weighted by atomic mass is 10.4. The van der Waals surface area contributed by atoms with Crippen LogP contribution in [0.1, 0.15) is 11.6 Å². The van der Waals surface area contributed by atoms with Gasteiger partial charge < -0.3 is 14.5 Å². The highest BCUT2D eigenvalue weighted by atomic mass is 16.6. The van der Waals surface area contributed by atoms with E-state index in [-0.39, 0.29) is 18.9 Å². The fourth-order valence-corrected chi connectivity index (χ4v) is 1.62. The van der Waals surface area contributed by atoms with Crippen molar-refractivity contribution in [2.45, 2.75) is 6.54 Å². The summed E-state index contributed by atoms with van der Waals surface area (Å²) in [6, 6.07) is 3.48. The van der Waals surface area contributed by atoms with E-state index in [1.165, 1.54) is 10.8 Å². The van der Waals surface area contributed by atoms with Crippen LogP contribution in [0.3, 0.4) is 0 Å². The largest absolute Gasteiger partial charge is 0.465 e. The van der Waals surface area contributed by atoms with Crippen LogP contribution < -0.4 is 0 Å². The molecule has 0 unspecified atom stereocenters. The number of nitrogens with zero attached hydrogens (tertiary/aromatic N) is 6. The maximum atomic E-state index is 10.9. The van der Waals surface area contributed by atoms with Crippen molar-refractivity contribution >= 4 is 18.0 Å². The predicted molar refractivity (Wildman–Crippen MR) is 70.5 cm³/mol. The van der Waals surface area contributed by atoms with Crippen LogP contribution in [-0.2, 0) is 6.54 Å². The Hall–Kier alpha value is -3.06. The minimum Gasteiger partial charge on any atom is -0.465 e. The van der Waals surface area contributed by atoms with Gasteiger partial charge in [0.05, 0.1) is 19.4 Å². The number of hydrogen-bond donors (Lipinski definition) is 0. The third-order valence-electron chi connectivity index (χ3n) is 2.48. The van der Waals surface area contributed by atoms with Crippen LogP contribution >= 0.6 is 0 Å². The number of aromatic nitrogens is 2. The van der Waals surface area contributed by atoms with E-state index in [0.717, 1.165) is 6.20 Å². The van der Waals surface area contributed by atoms with Gasteiger partial charge in [-0.25, -0.2) is 9.55 Å². The van der Waals surface area contributed by atoms with Crippen molar-refractivity contribution in [2.24, 2.45) is 5.11 Å². The van der Waals surface area contributed by atoms with Crippen molar-refractivity contribution in [2.75, 3.05) is 6.54 Å². The molecular formula is C11H10N6O3. The minimum atomic E-state index is -0.534. The van der Waals surface area contributed by atoms with Crippen molar-refractivity contribution in [1.29, 1.82) is 0 Å². The second-order valence-electron chi connectivity index (χ2n) is 3.69. The van der Waals surface area contributed by atoms with E-state index in [2.05, 4.69) is 15.0 Å². The number of azide groups is 1. The van der Waals surface area contributed by atoms with Crippen molar-refractivity contribution in [3.05, 3.63) is 56.7 Å². The number of rotatable bonds is 6. The van der Waals surface area contributed by atoms with Crippen LogP contribution in [-0.4, -0.2) is 21.0 Å². The third-order valence-corrected chi connectivity index (χ3v) is 2.48. The fourth-order valence-electron chi connectivity index (χ4n) is 1.62. The first kappa shape index (κ1) is 13.4. The summed E-state index contributed by atoms with van der Waals surface area (Å²) >= 11 is 0. The van der Waals surface area contributed by atoms with Gasteiger partial charge in [-0.05, 0) is 28.7 Å². The van der Waals surface area contributed by atoms with Gasteiger partial charge >= 0.3 is 5.82 Å². The Morgan fingerprint density at radius 1 is 1.60 bits per heavy atom. The highest BCUT2D eigenvalue weighted by molar-refractivity contribution is 5.64. The number of nitro groups is 1. The summed E-state index contributed by atoms with van der Waals surface area (Å²) in [7, 11) is 0. The zero-order chi connectivity index (χ0) is 14.4. The van der Waals surface area contributed by atoms with E-state index < -0.39 is 4.92 Å². The zero-order valence-electron chi connectivity index (χ0n) is 10.3. The normalized spacial score (nSPS) is 10.6. The Morgan fingerprint density at radius 2 is 2.45 bits per heavy atom. The number of imidazole rings is 1. The first-order valence-electron chi connectivity index (χ1n) is 5.64. The molecule has 2 heterocycles. The average molecular weight is 274 g/mol. The Labute approximate surface area is 112 Å². The zero-order valence-corrected chi connectivity index (χ0v) is 10.3. The van der Waals surface area contributed by atoms with Gasteiger partial charge in [0.2, 0.25) is 5.82 Å². The Bertz CT molecular complexity index is 666. The average Bonchev–Trinajstić information content (AvgIpc) is 3.05. The first-order valence-corrected chi connectivity index (χ1v) is 5.64. The summed E-state index contributed by atoms with van der Waals surface area (Å²) in [4.78, 5) is 17.0. The monoisotopic (exact) mass is 274 g/mol.